The standard InChI is InChI=1S/C28H33N5O4/c1-18(30-27(19(2)34)28(36)32-37)20-5-7-21(8-6-20)22-9-11-24(12-10-22)31-26(35)17-29-23-13-15-25(16-14-23)33(3)4/h5-16,19,27,29-30,34,37H,1,17H2,2-4H3,(H,31,35)(H,32,36)/t19-,27+/m1/s1. The monoisotopic (exact) mass is 503 g/mol. The first-order valence-electron chi connectivity index (χ1n) is 11.8. The summed E-state index contributed by atoms with van der Waals surface area (Å²) >= 11 is 0. The van der Waals surface area contributed by atoms with Gasteiger partial charge in [-0.3, -0.25) is 14.8 Å². The summed E-state index contributed by atoms with van der Waals surface area (Å²) in [4.78, 5) is 26.1. The lowest BCUT2D eigenvalue weighted by Gasteiger charge is -2.22. The molecule has 0 saturated heterocycles. The van der Waals surface area contributed by atoms with Crippen molar-refractivity contribution in [3.63, 3.8) is 0 Å². The highest BCUT2D eigenvalue weighted by Gasteiger charge is 2.23. The zero-order valence-corrected chi connectivity index (χ0v) is 21.2. The van der Waals surface area contributed by atoms with Crippen molar-refractivity contribution in [3.8, 4) is 11.1 Å². The van der Waals surface area contributed by atoms with Crippen molar-refractivity contribution in [1.29, 1.82) is 0 Å². The molecular formula is C28H33N5O4. The SMILES string of the molecule is C=C(N[C@H](C(=O)NO)[C@@H](C)O)c1ccc(-c2ccc(NC(=O)CNc3ccc(N(C)C)cc3)cc2)cc1. The minimum Gasteiger partial charge on any atom is -0.391 e. The second-order valence-corrected chi connectivity index (χ2v) is 8.81. The third-order valence-corrected chi connectivity index (χ3v) is 5.78. The number of benzene rings is 3. The molecule has 6 N–H and O–H groups in total. The molecule has 37 heavy (non-hydrogen) atoms. The van der Waals surface area contributed by atoms with Crippen LogP contribution in [0.3, 0.4) is 0 Å². The highest BCUT2D eigenvalue weighted by molar-refractivity contribution is 5.94. The van der Waals surface area contributed by atoms with Gasteiger partial charge in [-0.1, -0.05) is 43.0 Å². The van der Waals surface area contributed by atoms with Gasteiger partial charge in [-0.25, -0.2) is 5.48 Å². The van der Waals surface area contributed by atoms with Gasteiger partial charge in [-0.2, -0.15) is 0 Å². The van der Waals surface area contributed by atoms with E-state index in [1.54, 1.807) is 0 Å². The predicted octanol–water partition coefficient (Wildman–Crippen LogP) is 3.29. The number of carbonyl (C=O) groups is 2. The van der Waals surface area contributed by atoms with Crippen LogP contribution in [0.4, 0.5) is 17.1 Å². The van der Waals surface area contributed by atoms with Crippen molar-refractivity contribution in [3.05, 3.63) is 84.9 Å². The number of rotatable bonds is 11. The van der Waals surface area contributed by atoms with Crippen LogP contribution in [0.2, 0.25) is 0 Å². The third kappa shape index (κ3) is 7.57. The van der Waals surface area contributed by atoms with Gasteiger partial charge < -0.3 is 26.0 Å². The normalized spacial score (nSPS) is 12.1. The predicted molar refractivity (Wildman–Crippen MR) is 147 cm³/mol. The van der Waals surface area contributed by atoms with Crippen LogP contribution >= 0.6 is 0 Å². The van der Waals surface area contributed by atoms with Crippen LogP contribution in [0.1, 0.15) is 12.5 Å². The number of carbonyl (C=O) groups excluding carboxylic acids is 2. The van der Waals surface area contributed by atoms with Crippen molar-refractivity contribution < 1.29 is 19.9 Å². The van der Waals surface area contributed by atoms with Crippen molar-refractivity contribution >= 4 is 34.6 Å². The average molecular weight is 504 g/mol. The lowest BCUT2D eigenvalue weighted by atomic mass is 10.0. The fourth-order valence-electron chi connectivity index (χ4n) is 3.62. The Kier molecular flexibility index (Phi) is 9.26. The molecule has 0 radical (unpaired) electrons. The van der Waals surface area contributed by atoms with Crippen molar-refractivity contribution in [1.82, 2.24) is 10.8 Å². The summed E-state index contributed by atoms with van der Waals surface area (Å²) in [5.41, 5.74) is 7.27. The van der Waals surface area contributed by atoms with E-state index >= 15 is 0 Å². The van der Waals surface area contributed by atoms with Crippen LogP contribution < -0.4 is 26.3 Å². The molecule has 2 amide bonds. The molecule has 3 aromatic rings. The largest absolute Gasteiger partial charge is 0.391 e. The van der Waals surface area contributed by atoms with E-state index in [9.17, 15) is 14.7 Å². The molecule has 3 rings (SSSR count). The molecule has 0 aliphatic rings. The summed E-state index contributed by atoms with van der Waals surface area (Å²) in [5, 5.41) is 27.5. The Balaban J connectivity index is 1.55. The molecule has 194 valence electrons. The molecule has 0 heterocycles. The van der Waals surface area contributed by atoms with E-state index in [1.165, 1.54) is 12.4 Å². The fraction of sp³-hybridized carbons (Fsp3) is 0.214. The quantitative estimate of drug-likeness (QED) is 0.175. The van der Waals surface area contributed by atoms with E-state index in [4.69, 9.17) is 5.21 Å². The van der Waals surface area contributed by atoms with Crippen LogP contribution in [0, 0.1) is 0 Å². The van der Waals surface area contributed by atoms with Gasteiger partial charge in [-0.15, -0.1) is 0 Å². The number of aliphatic hydroxyl groups is 1. The highest BCUT2D eigenvalue weighted by Crippen LogP contribution is 2.23. The Bertz CT molecular complexity index is 1210. The molecule has 9 nitrogen and oxygen atoms in total. The van der Waals surface area contributed by atoms with Gasteiger partial charge in [0.15, 0.2) is 0 Å². The summed E-state index contributed by atoms with van der Waals surface area (Å²) in [5.74, 6) is -0.903. The van der Waals surface area contributed by atoms with E-state index in [2.05, 4.69) is 22.5 Å². The van der Waals surface area contributed by atoms with E-state index in [0.29, 0.717) is 11.4 Å². The van der Waals surface area contributed by atoms with Crippen LogP contribution in [0.5, 0.6) is 0 Å². The van der Waals surface area contributed by atoms with Crippen LogP contribution in [-0.4, -0.2) is 54.9 Å². The summed E-state index contributed by atoms with van der Waals surface area (Å²) in [6, 6.07) is 21.8. The Morgan fingerprint density at radius 3 is 1.95 bits per heavy atom. The van der Waals surface area contributed by atoms with Crippen LogP contribution in [0.15, 0.2) is 79.4 Å². The lowest BCUT2D eigenvalue weighted by molar-refractivity contribution is -0.133. The van der Waals surface area contributed by atoms with Gasteiger partial charge >= 0.3 is 0 Å². The first kappa shape index (κ1) is 27.3. The number of nitrogens with one attached hydrogen (secondary N) is 4. The van der Waals surface area contributed by atoms with Gasteiger partial charge in [0, 0.05) is 36.9 Å². The number of nitrogens with zero attached hydrogens (tertiary/aromatic N) is 1. The topological polar surface area (TPSA) is 126 Å². The zero-order valence-electron chi connectivity index (χ0n) is 21.2. The first-order chi connectivity index (χ1) is 17.7. The zero-order chi connectivity index (χ0) is 26.9. The minimum absolute atomic E-state index is 0.148. The summed E-state index contributed by atoms with van der Waals surface area (Å²) in [6.07, 6.45) is -1.03. The number of aliphatic hydroxyl groups excluding tert-OH is 1. The summed E-state index contributed by atoms with van der Waals surface area (Å²) < 4.78 is 0. The second-order valence-electron chi connectivity index (χ2n) is 8.81. The molecule has 3 aromatic carbocycles. The van der Waals surface area contributed by atoms with E-state index in [0.717, 1.165) is 28.1 Å². The fourth-order valence-corrected chi connectivity index (χ4v) is 3.62. The van der Waals surface area contributed by atoms with Gasteiger partial charge in [0.25, 0.3) is 5.91 Å². The van der Waals surface area contributed by atoms with Crippen LogP contribution in [-0.2, 0) is 9.59 Å². The smallest absolute Gasteiger partial charge is 0.268 e. The molecule has 0 unspecified atom stereocenters. The maximum absolute atomic E-state index is 12.3. The van der Waals surface area contributed by atoms with Gasteiger partial charge in [0.2, 0.25) is 5.91 Å². The maximum atomic E-state index is 12.3. The number of amides is 2. The molecule has 0 spiro atoms. The minimum atomic E-state index is -1.04. The number of hydrogen-bond donors (Lipinski definition) is 6. The van der Waals surface area contributed by atoms with E-state index < -0.39 is 18.1 Å². The molecule has 0 aliphatic heterocycles. The Labute approximate surface area is 216 Å². The molecule has 2 atom stereocenters. The van der Waals surface area contributed by atoms with Gasteiger partial charge in [0.05, 0.1) is 12.6 Å². The highest BCUT2D eigenvalue weighted by atomic mass is 16.5. The number of hydrogen-bond acceptors (Lipinski definition) is 7. The van der Waals surface area contributed by atoms with E-state index in [-0.39, 0.29) is 12.5 Å². The molecule has 9 heteroatoms. The Hall–Kier alpha value is -4.34. The molecule has 0 aliphatic carbocycles. The van der Waals surface area contributed by atoms with Crippen molar-refractivity contribution in [2.45, 2.75) is 19.1 Å². The molecule has 0 bridgehead atoms. The second kappa shape index (κ2) is 12.6. The van der Waals surface area contributed by atoms with Gasteiger partial charge in [-0.05, 0) is 60.0 Å². The summed E-state index contributed by atoms with van der Waals surface area (Å²) in [7, 11) is 3.95. The Morgan fingerprint density at radius 1 is 0.892 bits per heavy atom. The average Bonchev–Trinajstić information content (AvgIpc) is 2.90. The van der Waals surface area contributed by atoms with Gasteiger partial charge in [0.1, 0.15) is 6.04 Å². The van der Waals surface area contributed by atoms with Crippen molar-refractivity contribution in [2.24, 2.45) is 0 Å². The Morgan fingerprint density at radius 2 is 1.43 bits per heavy atom. The molecule has 0 aromatic heterocycles. The van der Waals surface area contributed by atoms with E-state index in [1.807, 2.05) is 91.8 Å². The number of anilines is 3. The molecule has 0 saturated carbocycles. The first-order valence-corrected chi connectivity index (χ1v) is 11.8. The number of hydroxylamine groups is 1. The van der Waals surface area contributed by atoms with Crippen molar-refractivity contribution in [2.75, 3.05) is 36.2 Å². The maximum Gasteiger partial charge on any atom is 0.268 e. The third-order valence-electron chi connectivity index (χ3n) is 5.78. The summed E-state index contributed by atoms with van der Waals surface area (Å²) in [6.45, 7) is 5.51. The molecule has 0 fully saturated rings. The molecular weight excluding hydrogens is 470 g/mol. The van der Waals surface area contributed by atoms with Crippen LogP contribution in [0.25, 0.3) is 16.8 Å². The lowest BCUT2D eigenvalue weighted by Crippen LogP contribution is -2.48.